The molecule has 10 nitrogen and oxygen atoms in total. The number of hydrazine groups is 1. The number of hydrogen-bond donors (Lipinski definition) is 4. The van der Waals surface area contributed by atoms with Crippen LogP contribution in [-0.2, 0) is 4.74 Å². The fraction of sp³-hybridized carbons (Fsp3) is 0.105. The summed E-state index contributed by atoms with van der Waals surface area (Å²) in [6.07, 6.45) is 2.81. The molecule has 1 aromatic carbocycles. The molecule has 3 aromatic rings. The van der Waals surface area contributed by atoms with Crippen LogP contribution in [0.4, 0.5) is 23.0 Å². The van der Waals surface area contributed by atoms with E-state index in [0.717, 1.165) is 0 Å². The van der Waals surface area contributed by atoms with E-state index in [9.17, 15) is 9.59 Å². The van der Waals surface area contributed by atoms with Crippen molar-refractivity contribution in [1.29, 1.82) is 0 Å². The molecule has 0 aliphatic rings. The van der Waals surface area contributed by atoms with E-state index in [1.807, 2.05) is 0 Å². The minimum absolute atomic E-state index is 0.197. The van der Waals surface area contributed by atoms with Gasteiger partial charge >= 0.3 is 5.97 Å². The molecule has 0 saturated heterocycles. The zero-order valence-corrected chi connectivity index (χ0v) is 15.5. The zero-order chi connectivity index (χ0) is 20.6. The highest BCUT2D eigenvalue weighted by Gasteiger charge is 2.12. The minimum atomic E-state index is -0.437. The standard InChI is InChI=1S/C19H19N7O3/c1-2-29-19(28)12-6-8-13(9-7-12)24-16-15(20)17(23-11-22-16)25-26-18(27)14-5-3-4-10-21-14/h3-11H,2,20H2,1H3,(H,26,27)(H2,22,23,24,25). The summed E-state index contributed by atoms with van der Waals surface area (Å²) in [5.74, 6) is -0.281. The smallest absolute Gasteiger partial charge is 0.338 e. The number of pyridine rings is 1. The number of aromatic nitrogens is 3. The van der Waals surface area contributed by atoms with Crippen molar-refractivity contribution in [3.8, 4) is 0 Å². The molecule has 0 aliphatic carbocycles. The number of nitrogen functional groups attached to an aromatic ring is 1. The second-order valence-electron chi connectivity index (χ2n) is 5.70. The normalized spacial score (nSPS) is 10.1. The van der Waals surface area contributed by atoms with Gasteiger partial charge in [0.1, 0.15) is 17.7 Å². The van der Waals surface area contributed by atoms with Crippen LogP contribution in [-0.4, -0.2) is 33.4 Å². The molecule has 29 heavy (non-hydrogen) atoms. The first-order chi connectivity index (χ1) is 14.1. The van der Waals surface area contributed by atoms with Crippen molar-refractivity contribution in [3.05, 3.63) is 66.2 Å². The monoisotopic (exact) mass is 393 g/mol. The minimum Gasteiger partial charge on any atom is -0.462 e. The quantitative estimate of drug-likeness (QED) is 0.350. The molecular formula is C19H19N7O3. The van der Waals surface area contributed by atoms with Crippen LogP contribution in [0.15, 0.2) is 55.0 Å². The van der Waals surface area contributed by atoms with E-state index in [4.69, 9.17) is 10.5 Å². The van der Waals surface area contributed by atoms with Crippen molar-refractivity contribution in [2.45, 2.75) is 6.92 Å². The Kier molecular flexibility index (Phi) is 6.15. The van der Waals surface area contributed by atoms with Gasteiger partial charge in [0.2, 0.25) is 0 Å². The molecule has 0 saturated carbocycles. The summed E-state index contributed by atoms with van der Waals surface area (Å²) in [7, 11) is 0. The maximum Gasteiger partial charge on any atom is 0.338 e. The summed E-state index contributed by atoms with van der Waals surface area (Å²) < 4.78 is 4.95. The predicted molar refractivity (Wildman–Crippen MR) is 107 cm³/mol. The number of ether oxygens (including phenoxy) is 1. The van der Waals surface area contributed by atoms with Gasteiger partial charge in [0, 0.05) is 11.9 Å². The maximum atomic E-state index is 12.1. The highest BCUT2D eigenvalue weighted by atomic mass is 16.5. The van der Waals surface area contributed by atoms with Gasteiger partial charge in [-0.05, 0) is 43.3 Å². The Hall–Kier alpha value is -4.21. The van der Waals surface area contributed by atoms with Crippen LogP contribution in [0.5, 0.6) is 0 Å². The number of nitrogens with zero attached hydrogens (tertiary/aromatic N) is 3. The Morgan fingerprint density at radius 2 is 1.79 bits per heavy atom. The highest BCUT2D eigenvalue weighted by Crippen LogP contribution is 2.25. The molecule has 2 heterocycles. The highest BCUT2D eigenvalue weighted by molar-refractivity contribution is 5.93. The van der Waals surface area contributed by atoms with E-state index in [0.29, 0.717) is 23.7 Å². The van der Waals surface area contributed by atoms with Crippen LogP contribution < -0.4 is 21.9 Å². The molecule has 10 heteroatoms. The Balaban J connectivity index is 1.67. The lowest BCUT2D eigenvalue weighted by Gasteiger charge is -2.13. The van der Waals surface area contributed by atoms with Crippen molar-refractivity contribution in [2.75, 3.05) is 23.1 Å². The zero-order valence-electron chi connectivity index (χ0n) is 15.5. The van der Waals surface area contributed by atoms with Crippen molar-refractivity contribution in [3.63, 3.8) is 0 Å². The lowest BCUT2D eigenvalue weighted by Crippen LogP contribution is -2.31. The van der Waals surface area contributed by atoms with E-state index >= 15 is 0 Å². The molecule has 5 N–H and O–H groups in total. The van der Waals surface area contributed by atoms with E-state index in [2.05, 4.69) is 31.1 Å². The molecule has 0 unspecified atom stereocenters. The van der Waals surface area contributed by atoms with Gasteiger partial charge in [-0.2, -0.15) is 0 Å². The second kappa shape index (κ2) is 9.13. The molecule has 1 amide bonds. The fourth-order valence-corrected chi connectivity index (χ4v) is 2.31. The largest absolute Gasteiger partial charge is 0.462 e. The number of carbonyl (C=O) groups is 2. The van der Waals surface area contributed by atoms with Crippen LogP contribution in [0.1, 0.15) is 27.8 Å². The molecule has 0 spiro atoms. The Morgan fingerprint density at radius 3 is 2.48 bits per heavy atom. The third-order valence-electron chi connectivity index (χ3n) is 3.73. The fourth-order valence-electron chi connectivity index (χ4n) is 2.31. The summed E-state index contributed by atoms with van der Waals surface area (Å²) in [5.41, 5.74) is 12.8. The van der Waals surface area contributed by atoms with Crippen molar-refractivity contribution >= 4 is 34.9 Å². The topological polar surface area (TPSA) is 144 Å². The first kappa shape index (κ1) is 19.5. The van der Waals surface area contributed by atoms with E-state index in [1.54, 1.807) is 49.4 Å². The van der Waals surface area contributed by atoms with Gasteiger partial charge in [-0.25, -0.2) is 14.8 Å². The van der Waals surface area contributed by atoms with E-state index < -0.39 is 11.9 Å². The molecule has 2 aromatic heterocycles. The van der Waals surface area contributed by atoms with Crippen LogP contribution in [0.2, 0.25) is 0 Å². The number of carbonyl (C=O) groups excluding carboxylic acids is 2. The van der Waals surface area contributed by atoms with Crippen LogP contribution in [0, 0.1) is 0 Å². The molecule has 3 rings (SSSR count). The Labute approximate surface area is 166 Å². The maximum absolute atomic E-state index is 12.1. The third-order valence-corrected chi connectivity index (χ3v) is 3.73. The molecule has 0 fully saturated rings. The average molecular weight is 393 g/mol. The van der Waals surface area contributed by atoms with Gasteiger partial charge in [0.05, 0.1) is 12.2 Å². The van der Waals surface area contributed by atoms with Crippen molar-refractivity contribution < 1.29 is 14.3 Å². The summed E-state index contributed by atoms with van der Waals surface area (Å²) in [6, 6.07) is 11.6. The van der Waals surface area contributed by atoms with Gasteiger partial charge in [-0.15, -0.1) is 0 Å². The molecule has 0 atom stereocenters. The summed E-state index contributed by atoms with van der Waals surface area (Å²) >= 11 is 0. The number of nitrogens with two attached hydrogens (primary N) is 1. The number of benzene rings is 1. The van der Waals surface area contributed by atoms with E-state index in [1.165, 1.54) is 12.5 Å². The molecule has 148 valence electrons. The summed E-state index contributed by atoms with van der Waals surface area (Å²) in [4.78, 5) is 35.9. The third kappa shape index (κ3) is 4.95. The van der Waals surface area contributed by atoms with Crippen molar-refractivity contribution in [2.24, 2.45) is 0 Å². The Morgan fingerprint density at radius 1 is 1.03 bits per heavy atom. The lowest BCUT2D eigenvalue weighted by atomic mass is 10.2. The average Bonchev–Trinajstić information content (AvgIpc) is 2.75. The number of esters is 1. The SMILES string of the molecule is CCOC(=O)c1ccc(Nc2ncnc(NNC(=O)c3ccccn3)c2N)cc1. The molecule has 0 aliphatic heterocycles. The molecule has 0 radical (unpaired) electrons. The van der Waals surface area contributed by atoms with Crippen LogP contribution in [0.25, 0.3) is 0 Å². The number of hydrogen-bond acceptors (Lipinski definition) is 9. The first-order valence-corrected chi connectivity index (χ1v) is 8.70. The Bertz CT molecular complexity index is 994. The summed E-state index contributed by atoms with van der Waals surface area (Å²) in [6.45, 7) is 2.05. The van der Waals surface area contributed by atoms with Gasteiger partial charge in [0.25, 0.3) is 5.91 Å². The van der Waals surface area contributed by atoms with Gasteiger partial charge in [0.15, 0.2) is 11.6 Å². The van der Waals surface area contributed by atoms with Gasteiger partial charge in [-0.3, -0.25) is 20.6 Å². The van der Waals surface area contributed by atoms with Gasteiger partial charge < -0.3 is 15.8 Å². The second-order valence-corrected chi connectivity index (χ2v) is 5.70. The van der Waals surface area contributed by atoms with Gasteiger partial charge in [-0.1, -0.05) is 6.07 Å². The van der Waals surface area contributed by atoms with Crippen LogP contribution >= 0.6 is 0 Å². The number of nitrogens with one attached hydrogen (secondary N) is 3. The van der Waals surface area contributed by atoms with E-state index in [-0.39, 0.29) is 17.2 Å². The van der Waals surface area contributed by atoms with Crippen LogP contribution in [0.3, 0.4) is 0 Å². The summed E-state index contributed by atoms with van der Waals surface area (Å²) in [5, 5.41) is 3.04. The number of anilines is 4. The predicted octanol–water partition coefficient (Wildman–Crippen LogP) is 2.13. The lowest BCUT2D eigenvalue weighted by molar-refractivity contribution is 0.0526. The number of amides is 1. The molecule has 0 bridgehead atoms. The van der Waals surface area contributed by atoms with Crippen molar-refractivity contribution in [1.82, 2.24) is 20.4 Å². The number of rotatable bonds is 7. The first-order valence-electron chi connectivity index (χ1n) is 8.70. The molecular weight excluding hydrogens is 374 g/mol.